The molecule has 0 aliphatic carbocycles. The van der Waals surface area contributed by atoms with Crippen molar-refractivity contribution in [3.8, 4) is 5.75 Å². The van der Waals surface area contributed by atoms with Crippen molar-refractivity contribution in [2.45, 2.75) is 32.4 Å². The first-order valence-electron chi connectivity index (χ1n) is 6.48. The molecule has 104 valence electrons. The van der Waals surface area contributed by atoms with Crippen LogP contribution >= 0.6 is 0 Å². The van der Waals surface area contributed by atoms with Gasteiger partial charge in [-0.25, -0.2) is 0 Å². The number of nitrogens with zero attached hydrogens (tertiary/aromatic N) is 1. The standard InChI is InChI=1S/C14H21N3O2/c1-9(15)11-5-4-10(8-12(11)18)17-7-6-16-13(19)14(17,2)3/h4-5,8-9,18H,6-7,15H2,1-3H3,(H,16,19). The Morgan fingerprint density at radius 3 is 2.74 bits per heavy atom. The van der Waals surface area contributed by atoms with Crippen LogP contribution in [0, 0.1) is 0 Å². The zero-order valence-electron chi connectivity index (χ0n) is 11.6. The summed E-state index contributed by atoms with van der Waals surface area (Å²) in [6.07, 6.45) is 0. The quantitative estimate of drug-likeness (QED) is 0.747. The molecule has 1 aromatic carbocycles. The second-order valence-electron chi connectivity index (χ2n) is 5.50. The fourth-order valence-corrected chi connectivity index (χ4v) is 2.44. The highest BCUT2D eigenvalue weighted by Gasteiger charge is 2.37. The summed E-state index contributed by atoms with van der Waals surface area (Å²) in [6, 6.07) is 5.18. The van der Waals surface area contributed by atoms with E-state index in [-0.39, 0.29) is 17.7 Å². The number of nitrogens with one attached hydrogen (secondary N) is 1. The van der Waals surface area contributed by atoms with Gasteiger partial charge in [0.2, 0.25) is 5.91 Å². The molecule has 0 spiro atoms. The molecule has 2 rings (SSSR count). The molecule has 0 aromatic heterocycles. The van der Waals surface area contributed by atoms with Gasteiger partial charge >= 0.3 is 0 Å². The third-order valence-electron chi connectivity index (χ3n) is 3.67. The first-order chi connectivity index (χ1) is 8.84. The van der Waals surface area contributed by atoms with E-state index in [1.54, 1.807) is 6.07 Å². The molecule has 1 heterocycles. The molecule has 1 fully saturated rings. The number of nitrogens with two attached hydrogens (primary N) is 1. The van der Waals surface area contributed by atoms with Gasteiger partial charge in [0.1, 0.15) is 11.3 Å². The lowest BCUT2D eigenvalue weighted by Crippen LogP contribution is -2.62. The summed E-state index contributed by atoms with van der Waals surface area (Å²) < 4.78 is 0. The summed E-state index contributed by atoms with van der Waals surface area (Å²) in [5.74, 6) is 0.170. The summed E-state index contributed by atoms with van der Waals surface area (Å²) in [5, 5.41) is 12.9. The third-order valence-corrected chi connectivity index (χ3v) is 3.67. The molecule has 19 heavy (non-hydrogen) atoms. The van der Waals surface area contributed by atoms with Crippen molar-refractivity contribution >= 4 is 11.6 Å². The first kappa shape index (κ1) is 13.7. The number of hydrogen-bond donors (Lipinski definition) is 3. The van der Waals surface area contributed by atoms with Gasteiger partial charge in [-0.15, -0.1) is 0 Å². The maximum atomic E-state index is 11.9. The van der Waals surface area contributed by atoms with Crippen LogP contribution in [0.2, 0.25) is 0 Å². The van der Waals surface area contributed by atoms with Gasteiger partial charge in [-0.05, 0) is 26.8 Å². The summed E-state index contributed by atoms with van der Waals surface area (Å²) in [7, 11) is 0. The second kappa shape index (κ2) is 4.74. The largest absolute Gasteiger partial charge is 0.508 e. The van der Waals surface area contributed by atoms with E-state index in [4.69, 9.17) is 5.73 Å². The summed E-state index contributed by atoms with van der Waals surface area (Å²) in [6.45, 7) is 6.90. The number of amides is 1. The Labute approximate surface area is 113 Å². The van der Waals surface area contributed by atoms with Crippen molar-refractivity contribution in [1.82, 2.24) is 5.32 Å². The molecule has 4 N–H and O–H groups in total. The van der Waals surface area contributed by atoms with Crippen molar-refractivity contribution in [3.63, 3.8) is 0 Å². The lowest BCUT2D eigenvalue weighted by Gasteiger charge is -2.43. The average molecular weight is 263 g/mol. The van der Waals surface area contributed by atoms with E-state index in [2.05, 4.69) is 5.32 Å². The minimum atomic E-state index is -0.624. The summed E-state index contributed by atoms with van der Waals surface area (Å²) in [4.78, 5) is 13.9. The lowest BCUT2D eigenvalue weighted by molar-refractivity contribution is -0.126. The molecule has 0 radical (unpaired) electrons. The van der Waals surface area contributed by atoms with Crippen LogP contribution < -0.4 is 16.0 Å². The Morgan fingerprint density at radius 1 is 1.47 bits per heavy atom. The van der Waals surface area contributed by atoms with Crippen LogP contribution in [0.25, 0.3) is 0 Å². The Hall–Kier alpha value is -1.75. The SMILES string of the molecule is CC(N)c1ccc(N2CCNC(=O)C2(C)C)cc1O. The van der Waals surface area contributed by atoms with E-state index in [0.29, 0.717) is 12.1 Å². The van der Waals surface area contributed by atoms with Crippen molar-refractivity contribution < 1.29 is 9.90 Å². The van der Waals surface area contributed by atoms with Crippen molar-refractivity contribution in [3.05, 3.63) is 23.8 Å². The van der Waals surface area contributed by atoms with Crippen LogP contribution in [0.5, 0.6) is 5.75 Å². The molecule has 5 nitrogen and oxygen atoms in total. The number of phenols is 1. The van der Waals surface area contributed by atoms with Crippen molar-refractivity contribution in [1.29, 1.82) is 0 Å². The minimum Gasteiger partial charge on any atom is -0.508 e. The van der Waals surface area contributed by atoms with Gasteiger partial charge in [-0.1, -0.05) is 6.07 Å². The summed E-state index contributed by atoms with van der Waals surface area (Å²) in [5.41, 5.74) is 6.70. The zero-order chi connectivity index (χ0) is 14.2. The highest BCUT2D eigenvalue weighted by Crippen LogP contribution is 2.32. The van der Waals surface area contributed by atoms with Crippen LogP contribution in [0.3, 0.4) is 0 Å². The number of benzene rings is 1. The predicted octanol–water partition coefficient (Wildman–Crippen LogP) is 1.13. The van der Waals surface area contributed by atoms with E-state index in [1.165, 1.54) is 0 Å². The van der Waals surface area contributed by atoms with E-state index in [9.17, 15) is 9.90 Å². The maximum absolute atomic E-state index is 11.9. The molecule has 1 unspecified atom stereocenters. The molecule has 1 atom stereocenters. The molecule has 5 heteroatoms. The van der Waals surface area contributed by atoms with Crippen molar-refractivity contribution in [2.24, 2.45) is 5.73 Å². The van der Waals surface area contributed by atoms with Crippen LogP contribution in [0.1, 0.15) is 32.4 Å². The lowest BCUT2D eigenvalue weighted by atomic mass is 9.97. The van der Waals surface area contributed by atoms with Gasteiger partial charge < -0.3 is 21.1 Å². The van der Waals surface area contributed by atoms with Crippen LogP contribution in [-0.2, 0) is 4.79 Å². The number of hydrogen-bond acceptors (Lipinski definition) is 4. The second-order valence-corrected chi connectivity index (χ2v) is 5.50. The monoisotopic (exact) mass is 263 g/mol. The maximum Gasteiger partial charge on any atom is 0.245 e. The van der Waals surface area contributed by atoms with Gasteiger partial charge in [0, 0.05) is 36.4 Å². The van der Waals surface area contributed by atoms with E-state index < -0.39 is 5.54 Å². The molecule has 0 bridgehead atoms. The fraction of sp³-hybridized carbons (Fsp3) is 0.500. The average Bonchev–Trinajstić information content (AvgIpc) is 2.32. The Kier molecular flexibility index (Phi) is 3.41. The zero-order valence-corrected chi connectivity index (χ0v) is 11.6. The molecule has 1 amide bonds. The number of carbonyl (C=O) groups excluding carboxylic acids is 1. The first-order valence-corrected chi connectivity index (χ1v) is 6.48. The van der Waals surface area contributed by atoms with Gasteiger partial charge in [0.15, 0.2) is 0 Å². The Bertz CT molecular complexity index is 497. The molecule has 1 aliphatic heterocycles. The van der Waals surface area contributed by atoms with E-state index in [0.717, 1.165) is 12.2 Å². The van der Waals surface area contributed by atoms with Crippen LogP contribution in [0.4, 0.5) is 5.69 Å². The molecular weight excluding hydrogens is 242 g/mol. The number of rotatable bonds is 2. The van der Waals surface area contributed by atoms with Crippen LogP contribution in [0.15, 0.2) is 18.2 Å². The number of anilines is 1. The number of aromatic hydroxyl groups is 1. The Morgan fingerprint density at radius 2 is 2.16 bits per heavy atom. The number of carbonyl (C=O) groups is 1. The van der Waals surface area contributed by atoms with Gasteiger partial charge in [0.05, 0.1) is 0 Å². The molecular formula is C14H21N3O2. The highest BCUT2D eigenvalue weighted by molar-refractivity contribution is 5.90. The normalized spacial score (nSPS) is 20.0. The molecule has 0 saturated carbocycles. The van der Waals surface area contributed by atoms with Crippen LogP contribution in [-0.4, -0.2) is 29.6 Å². The van der Waals surface area contributed by atoms with E-state index in [1.807, 2.05) is 37.8 Å². The van der Waals surface area contributed by atoms with Gasteiger partial charge in [0.25, 0.3) is 0 Å². The molecule has 1 aliphatic rings. The van der Waals surface area contributed by atoms with Gasteiger partial charge in [-0.3, -0.25) is 4.79 Å². The molecule has 1 aromatic rings. The van der Waals surface area contributed by atoms with E-state index >= 15 is 0 Å². The minimum absolute atomic E-state index is 0.00508. The topological polar surface area (TPSA) is 78.6 Å². The molecule has 1 saturated heterocycles. The smallest absolute Gasteiger partial charge is 0.245 e. The Balaban J connectivity index is 2.36. The fourth-order valence-electron chi connectivity index (χ4n) is 2.44. The van der Waals surface area contributed by atoms with Gasteiger partial charge in [-0.2, -0.15) is 0 Å². The predicted molar refractivity (Wildman–Crippen MR) is 75.1 cm³/mol. The summed E-state index contributed by atoms with van der Waals surface area (Å²) >= 11 is 0. The highest BCUT2D eigenvalue weighted by atomic mass is 16.3. The third kappa shape index (κ3) is 2.38. The van der Waals surface area contributed by atoms with Crippen molar-refractivity contribution in [2.75, 3.05) is 18.0 Å². The number of piperazine rings is 1. The number of phenolic OH excluding ortho intramolecular Hbond substituents is 1.